The van der Waals surface area contributed by atoms with E-state index in [-0.39, 0.29) is 28.0 Å². The van der Waals surface area contributed by atoms with Gasteiger partial charge in [0.1, 0.15) is 0 Å². The molecule has 0 aliphatic heterocycles. The molecule has 1 rings (SSSR count). The van der Waals surface area contributed by atoms with Crippen molar-refractivity contribution in [1.29, 1.82) is 0 Å². The summed E-state index contributed by atoms with van der Waals surface area (Å²) in [5, 5.41) is 0. The molecule has 0 heterocycles. The SMILES string of the molecule is NC1(N)CCCCC1.[Au]. The summed E-state index contributed by atoms with van der Waals surface area (Å²) in [5.74, 6) is 0. The molecular weight excluding hydrogens is 297 g/mol. The predicted molar refractivity (Wildman–Crippen MR) is 34.2 cm³/mol. The third-order valence-electron chi connectivity index (χ3n) is 1.78. The summed E-state index contributed by atoms with van der Waals surface area (Å²) in [4.78, 5) is 0. The van der Waals surface area contributed by atoms with E-state index in [0.717, 1.165) is 12.8 Å². The van der Waals surface area contributed by atoms with Gasteiger partial charge in [-0.15, -0.1) is 0 Å². The Morgan fingerprint density at radius 1 is 0.889 bits per heavy atom. The van der Waals surface area contributed by atoms with Crippen molar-refractivity contribution in [3.63, 3.8) is 0 Å². The third-order valence-corrected chi connectivity index (χ3v) is 1.78. The maximum Gasteiger partial charge on any atom is 0.0636 e. The second-order valence-electron chi connectivity index (χ2n) is 2.79. The average Bonchev–Trinajstić information content (AvgIpc) is 1.65. The van der Waals surface area contributed by atoms with Crippen molar-refractivity contribution < 1.29 is 22.4 Å². The minimum atomic E-state index is -0.321. The topological polar surface area (TPSA) is 52.0 Å². The molecule has 1 fully saturated rings. The molecule has 0 aromatic carbocycles. The first-order chi connectivity index (χ1) is 3.71. The molecular formula is C6H14AuN2. The summed E-state index contributed by atoms with van der Waals surface area (Å²) in [6.07, 6.45) is 5.76. The van der Waals surface area contributed by atoms with Gasteiger partial charge in [0.2, 0.25) is 0 Å². The molecule has 0 bridgehead atoms. The van der Waals surface area contributed by atoms with Crippen LogP contribution >= 0.6 is 0 Å². The largest absolute Gasteiger partial charge is 0.313 e. The summed E-state index contributed by atoms with van der Waals surface area (Å²) in [6, 6.07) is 0. The summed E-state index contributed by atoms with van der Waals surface area (Å²) in [7, 11) is 0. The molecule has 3 heteroatoms. The molecule has 0 unspecified atom stereocenters. The average molecular weight is 311 g/mol. The van der Waals surface area contributed by atoms with E-state index in [1.807, 2.05) is 0 Å². The summed E-state index contributed by atoms with van der Waals surface area (Å²) in [5.41, 5.74) is 11.0. The molecule has 0 saturated heterocycles. The van der Waals surface area contributed by atoms with Gasteiger partial charge in [0, 0.05) is 22.4 Å². The first kappa shape index (κ1) is 9.66. The van der Waals surface area contributed by atoms with Crippen molar-refractivity contribution >= 4 is 0 Å². The fraction of sp³-hybridized carbons (Fsp3) is 1.00. The molecule has 1 saturated carbocycles. The van der Waals surface area contributed by atoms with Gasteiger partial charge in [0.05, 0.1) is 5.66 Å². The van der Waals surface area contributed by atoms with E-state index < -0.39 is 0 Å². The molecule has 0 aromatic rings. The van der Waals surface area contributed by atoms with Crippen LogP contribution < -0.4 is 11.5 Å². The van der Waals surface area contributed by atoms with Crippen molar-refractivity contribution in [3.8, 4) is 0 Å². The van der Waals surface area contributed by atoms with E-state index in [4.69, 9.17) is 11.5 Å². The van der Waals surface area contributed by atoms with E-state index in [0.29, 0.717) is 0 Å². The van der Waals surface area contributed by atoms with Gasteiger partial charge >= 0.3 is 0 Å². The van der Waals surface area contributed by atoms with Crippen LogP contribution in [0.2, 0.25) is 0 Å². The maximum absolute atomic E-state index is 5.66. The molecule has 1 aliphatic rings. The monoisotopic (exact) mass is 311 g/mol. The smallest absolute Gasteiger partial charge is 0.0636 e. The first-order valence-corrected chi connectivity index (χ1v) is 3.28. The summed E-state index contributed by atoms with van der Waals surface area (Å²) < 4.78 is 0. The van der Waals surface area contributed by atoms with Crippen molar-refractivity contribution in [2.75, 3.05) is 0 Å². The van der Waals surface area contributed by atoms with Gasteiger partial charge in [-0.2, -0.15) is 0 Å². The molecule has 1 aliphatic carbocycles. The van der Waals surface area contributed by atoms with E-state index in [9.17, 15) is 0 Å². The zero-order valence-corrected chi connectivity index (χ0v) is 7.66. The zero-order valence-electron chi connectivity index (χ0n) is 5.49. The van der Waals surface area contributed by atoms with Gasteiger partial charge < -0.3 is 11.5 Å². The summed E-state index contributed by atoms with van der Waals surface area (Å²) in [6.45, 7) is 0. The Hall–Kier alpha value is 0.660. The van der Waals surface area contributed by atoms with Crippen LogP contribution in [0.3, 0.4) is 0 Å². The maximum atomic E-state index is 5.66. The second kappa shape index (κ2) is 3.74. The standard InChI is InChI=1S/C6H14N2.Au/c7-6(8)4-2-1-3-5-6;/h1-5,7-8H2;. The quantitative estimate of drug-likeness (QED) is 0.507. The molecule has 0 spiro atoms. The van der Waals surface area contributed by atoms with Crippen molar-refractivity contribution in [2.24, 2.45) is 11.5 Å². The minimum absolute atomic E-state index is 0. The van der Waals surface area contributed by atoms with E-state index in [1.54, 1.807) is 0 Å². The van der Waals surface area contributed by atoms with Gasteiger partial charge in [-0.1, -0.05) is 19.3 Å². The number of hydrogen-bond acceptors (Lipinski definition) is 2. The Morgan fingerprint density at radius 3 is 1.56 bits per heavy atom. The molecule has 59 valence electrons. The predicted octanol–water partition coefficient (Wildman–Crippen LogP) is 0.562. The van der Waals surface area contributed by atoms with Crippen LogP contribution in [0.4, 0.5) is 0 Å². The molecule has 4 N–H and O–H groups in total. The fourth-order valence-corrected chi connectivity index (χ4v) is 1.21. The normalized spacial score (nSPS) is 24.7. The number of hydrogen-bond donors (Lipinski definition) is 2. The Morgan fingerprint density at radius 2 is 1.33 bits per heavy atom. The van der Waals surface area contributed by atoms with Crippen LogP contribution in [0.25, 0.3) is 0 Å². The Balaban J connectivity index is 0.000000640. The second-order valence-corrected chi connectivity index (χ2v) is 2.79. The molecule has 1 radical (unpaired) electrons. The number of nitrogens with two attached hydrogens (primary N) is 2. The molecule has 0 atom stereocenters. The Bertz CT molecular complexity index is 75.1. The van der Waals surface area contributed by atoms with Gasteiger partial charge in [-0.05, 0) is 12.8 Å². The van der Waals surface area contributed by atoms with Gasteiger partial charge in [0.15, 0.2) is 0 Å². The first-order valence-electron chi connectivity index (χ1n) is 3.28. The molecule has 2 nitrogen and oxygen atoms in total. The Kier molecular flexibility index (Phi) is 4.01. The van der Waals surface area contributed by atoms with Crippen LogP contribution in [0.1, 0.15) is 32.1 Å². The number of rotatable bonds is 0. The molecule has 0 amide bonds. The van der Waals surface area contributed by atoms with E-state index >= 15 is 0 Å². The van der Waals surface area contributed by atoms with Crippen LogP contribution in [-0.2, 0) is 22.4 Å². The third kappa shape index (κ3) is 3.38. The summed E-state index contributed by atoms with van der Waals surface area (Å²) >= 11 is 0. The molecule has 0 aromatic heterocycles. The van der Waals surface area contributed by atoms with Crippen LogP contribution in [-0.4, -0.2) is 5.66 Å². The minimum Gasteiger partial charge on any atom is -0.313 e. The van der Waals surface area contributed by atoms with Crippen LogP contribution in [0, 0.1) is 0 Å². The van der Waals surface area contributed by atoms with Crippen molar-refractivity contribution in [3.05, 3.63) is 0 Å². The van der Waals surface area contributed by atoms with E-state index in [1.165, 1.54) is 19.3 Å². The fourth-order valence-electron chi connectivity index (χ4n) is 1.21. The van der Waals surface area contributed by atoms with E-state index in [2.05, 4.69) is 0 Å². The Labute approximate surface area is 71.9 Å². The zero-order chi connectivity index (χ0) is 6.04. The molecule has 9 heavy (non-hydrogen) atoms. The van der Waals surface area contributed by atoms with Crippen molar-refractivity contribution in [2.45, 2.75) is 37.8 Å². The van der Waals surface area contributed by atoms with Gasteiger partial charge in [-0.3, -0.25) is 0 Å². The van der Waals surface area contributed by atoms with Crippen LogP contribution in [0.15, 0.2) is 0 Å². The van der Waals surface area contributed by atoms with Gasteiger partial charge in [0.25, 0.3) is 0 Å². The van der Waals surface area contributed by atoms with Gasteiger partial charge in [-0.25, -0.2) is 0 Å². The van der Waals surface area contributed by atoms with Crippen molar-refractivity contribution in [1.82, 2.24) is 0 Å². The van der Waals surface area contributed by atoms with Crippen LogP contribution in [0.5, 0.6) is 0 Å².